The van der Waals surface area contributed by atoms with E-state index in [1.165, 1.54) is 65.3 Å². The van der Waals surface area contributed by atoms with E-state index in [9.17, 15) is 43.5 Å². The molecule has 0 saturated carbocycles. The van der Waals surface area contributed by atoms with E-state index >= 15 is 13.2 Å². The van der Waals surface area contributed by atoms with Crippen LogP contribution in [0, 0.1) is 45.1 Å². The van der Waals surface area contributed by atoms with Crippen molar-refractivity contribution in [1.82, 2.24) is 42.5 Å². The fraction of sp³-hybridized carbons (Fsp3) is 0.385. The molecule has 0 unspecified atom stereocenters. The second-order valence-electron chi connectivity index (χ2n) is 40.1. The highest BCUT2D eigenvalue weighted by atomic mass is 19.1. The maximum atomic E-state index is 15.9. The minimum Gasteiger partial charge on any atom is -0.507 e. The number of fused-ring (bicyclic) bond motifs is 4. The van der Waals surface area contributed by atoms with Crippen molar-refractivity contribution in [2.24, 2.45) is 0 Å². The van der Waals surface area contributed by atoms with Crippen molar-refractivity contribution in [3.63, 3.8) is 0 Å². The smallest absolute Gasteiger partial charge is 0.326 e. The molecule has 4 fully saturated rings. The molecule has 0 aromatic heterocycles. The van der Waals surface area contributed by atoms with Crippen molar-refractivity contribution in [3.05, 3.63) is 226 Å². The summed E-state index contributed by atoms with van der Waals surface area (Å²) in [6.45, 7) is 44.3. The molecular formula is C104H117F3N8O13. The van der Waals surface area contributed by atoms with Crippen molar-refractivity contribution >= 4 is 72.1 Å². The van der Waals surface area contributed by atoms with Crippen LogP contribution in [0.3, 0.4) is 0 Å². The molecule has 16 rings (SSSR count). The lowest BCUT2D eigenvalue weighted by atomic mass is 9.62. The van der Waals surface area contributed by atoms with E-state index in [1.54, 1.807) is 50.6 Å². The van der Waals surface area contributed by atoms with E-state index in [1.807, 2.05) is 32.0 Å². The third-order valence-corrected chi connectivity index (χ3v) is 27.2. The van der Waals surface area contributed by atoms with Crippen LogP contribution < -0.4 is 61.5 Å². The van der Waals surface area contributed by atoms with Gasteiger partial charge in [0.25, 0.3) is 23.6 Å². The van der Waals surface area contributed by atoms with E-state index in [-0.39, 0.29) is 94.5 Å². The van der Waals surface area contributed by atoms with Gasteiger partial charge in [-0.05, 0) is 319 Å². The second-order valence-corrected chi connectivity index (χ2v) is 40.1. The summed E-state index contributed by atoms with van der Waals surface area (Å²) in [4.78, 5) is 93.5. The summed E-state index contributed by atoms with van der Waals surface area (Å²) in [6.07, 6.45) is 14.6. The predicted octanol–water partition coefficient (Wildman–Crippen LogP) is 20.9. The zero-order valence-electron chi connectivity index (χ0n) is 77.7. The third-order valence-electron chi connectivity index (χ3n) is 27.2. The van der Waals surface area contributed by atoms with Gasteiger partial charge in [0.05, 0.1) is 34.0 Å². The number of rotatable bonds is 12. The Bertz CT molecular complexity index is 6190. The van der Waals surface area contributed by atoms with Gasteiger partial charge in [-0.25, -0.2) is 32.3 Å². The minimum absolute atomic E-state index is 0.00485. The van der Waals surface area contributed by atoms with Crippen LogP contribution in [-0.2, 0) is 62.5 Å². The normalized spacial score (nSPS) is 20.0. The van der Waals surface area contributed by atoms with Gasteiger partial charge in [0.1, 0.15) is 34.4 Å². The van der Waals surface area contributed by atoms with E-state index < -0.39 is 65.2 Å². The number of hydrogen-bond acceptors (Lipinski definition) is 13. The van der Waals surface area contributed by atoms with Crippen molar-refractivity contribution in [2.75, 3.05) is 28.4 Å². The number of phenolic OH excluding ortho intramolecular Hbond substituents is 1. The van der Waals surface area contributed by atoms with Crippen molar-refractivity contribution in [3.8, 4) is 73.3 Å². The molecule has 8 aliphatic rings. The predicted molar refractivity (Wildman–Crippen MR) is 494 cm³/mol. The van der Waals surface area contributed by atoms with Crippen LogP contribution in [0.5, 0.6) is 28.7 Å². The van der Waals surface area contributed by atoms with Crippen LogP contribution >= 0.6 is 0 Å². The standard InChI is InChI=1S/C27H32N2O4.C26H28F2N2O3.C26H29FN2O3.C25H28N2O3/c1-15-10-19-20(27(4,5)9-8-26(19,2)3)14-17(15)18-11-16(13-22(32-6)23(18)33-7)12-21-24(30)29-25(31)28-21;1-13-9-16-17(26(4,5)8-7-25(16,2)3)12-15(13)20-21(28)14(10-18(27)22(20)33-6)11-19-23(31)30-24(32)29-19;1-14-9-18-19(26(4,5)8-7-25(18,2)3)13-16(14)17-10-15(11-20(27)22(17)32-6)12-21-23(30)29-24(31)28-21;1-14-10-18-19(25(4,5)9-8-24(18,2)3)13-16(14)17-11-15(6-7-21(17)28)12-20-22(29)27-23(30)26-20/h10-14H,8-9H2,1-7H3,(H2,28,29,30,31);9-12H,7-8H2,1-6H3,(H2,29,30,31,32);9-13H,7-8H2,1-6H3,(H2,28,29,30,31);6-7,10-13,28H,8-9H2,1-5H3,(H2,26,27,29,30)/b21-12-;19-11-;21-12-;20-12-. The topological polar surface area (TPSA) is 290 Å². The molecule has 12 amide bonds. The molecule has 8 aromatic rings. The van der Waals surface area contributed by atoms with Gasteiger partial charge in [-0.1, -0.05) is 141 Å². The number of methoxy groups -OCH3 is 4. The quantitative estimate of drug-likeness (QED) is 0.0407. The molecule has 8 aromatic carbocycles. The lowest BCUT2D eigenvalue weighted by Gasteiger charge is -2.42. The zero-order chi connectivity index (χ0) is 93.7. The molecular weight excluding hydrogens is 1630 g/mol. The summed E-state index contributed by atoms with van der Waals surface area (Å²) >= 11 is 0. The Labute approximate surface area is 747 Å². The summed E-state index contributed by atoms with van der Waals surface area (Å²) in [7, 11) is 5.97. The van der Waals surface area contributed by atoms with E-state index in [2.05, 4.69) is 210 Å². The van der Waals surface area contributed by atoms with E-state index in [4.69, 9.17) is 18.9 Å². The number of phenols is 1. The molecule has 4 aliphatic heterocycles. The van der Waals surface area contributed by atoms with Gasteiger partial charge in [-0.15, -0.1) is 0 Å². The Kier molecular flexibility index (Phi) is 24.8. The first-order valence-electron chi connectivity index (χ1n) is 43.3. The Balaban J connectivity index is 0.000000146. The van der Waals surface area contributed by atoms with Crippen LogP contribution in [-0.4, -0.2) is 81.3 Å². The van der Waals surface area contributed by atoms with Gasteiger partial charge in [-0.2, -0.15) is 0 Å². The third kappa shape index (κ3) is 18.2. The lowest BCUT2D eigenvalue weighted by molar-refractivity contribution is -0.116. The molecule has 4 aliphatic carbocycles. The largest absolute Gasteiger partial charge is 0.507 e. The number of imide groups is 4. The average molecular weight is 1740 g/mol. The number of aromatic hydroxyl groups is 1. The number of carbonyl (C=O) groups is 8. The minimum atomic E-state index is -0.762. The molecule has 0 bridgehead atoms. The molecule has 9 N–H and O–H groups in total. The Hall–Kier alpha value is -12.7. The second kappa shape index (κ2) is 34.1. The summed E-state index contributed by atoms with van der Waals surface area (Å²) in [5.41, 5.74) is 22.5. The number of ether oxygens (including phenoxy) is 4. The average Bonchev–Trinajstić information content (AvgIpc) is 1.05. The van der Waals surface area contributed by atoms with Crippen LogP contribution in [0.2, 0.25) is 0 Å². The van der Waals surface area contributed by atoms with Crippen LogP contribution in [0.15, 0.2) is 120 Å². The van der Waals surface area contributed by atoms with Crippen molar-refractivity contribution < 1.29 is 75.6 Å². The van der Waals surface area contributed by atoms with Gasteiger partial charge in [0.15, 0.2) is 34.6 Å². The highest BCUT2D eigenvalue weighted by Crippen LogP contribution is 2.55. The highest BCUT2D eigenvalue weighted by Gasteiger charge is 2.44. The van der Waals surface area contributed by atoms with Gasteiger partial charge in [0, 0.05) is 22.3 Å². The SMILES string of the molecule is COc1c(F)cc(/C=C2\NC(=O)NC2=O)c(F)c1-c1cc2c(cc1C)C(C)(C)CCC2(C)C.COc1c(F)cc(/C=C2\NC(=O)NC2=O)cc1-c1cc2c(cc1C)C(C)(C)CCC2(C)C.COc1cc(/C=C2\NC(=O)NC2=O)cc(-c2cc3c(cc2C)C(C)(C)CCC3(C)C)c1OC.Cc1cc2c(cc1-c1cc(/C=C3\NC(=O)NC3=O)ccc1O)C(C)(C)CCC2(C)C. The fourth-order valence-corrected chi connectivity index (χ4v) is 19.0. The molecule has 128 heavy (non-hydrogen) atoms. The fourth-order valence-electron chi connectivity index (χ4n) is 19.0. The first-order chi connectivity index (χ1) is 59.7. The molecule has 4 heterocycles. The Morgan fingerprint density at radius 3 is 0.906 bits per heavy atom. The molecule has 24 heteroatoms. The van der Waals surface area contributed by atoms with Gasteiger partial charge >= 0.3 is 24.1 Å². The summed E-state index contributed by atoms with van der Waals surface area (Å²) in [5, 5.41) is 29.0. The number of amides is 12. The van der Waals surface area contributed by atoms with Crippen molar-refractivity contribution in [2.45, 2.75) is 233 Å². The van der Waals surface area contributed by atoms with E-state index in [0.29, 0.717) is 33.8 Å². The first-order valence-corrected chi connectivity index (χ1v) is 43.3. The van der Waals surface area contributed by atoms with Gasteiger partial charge in [-0.3, -0.25) is 40.4 Å². The number of urea groups is 4. The summed E-state index contributed by atoms with van der Waals surface area (Å²) in [6, 6.07) is 28.2. The molecule has 672 valence electrons. The van der Waals surface area contributed by atoms with Gasteiger partial charge in [0.2, 0.25) is 0 Å². The molecule has 0 atom stereocenters. The molecule has 4 saturated heterocycles. The van der Waals surface area contributed by atoms with Crippen molar-refractivity contribution in [1.29, 1.82) is 0 Å². The number of benzene rings is 8. The monoisotopic (exact) mass is 1740 g/mol. The van der Waals surface area contributed by atoms with Crippen LogP contribution in [0.25, 0.3) is 68.8 Å². The molecule has 0 spiro atoms. The van der Waals surface area contributed by atoms with Crippen LogP contribution in [0.1, 0.15) is 251 Å². The number of nitrogens with one attached hydrogen (secondary N) is 8. The number of hydrogen-bond donors (Lipinski definition) is 9. The van der Waals surface area contributed by atoms with Gasteiger partial charge < -0.3 is 45.3 Å². The Morgan fingerprint density at radius 2 is 0.578 bits per heavy atom. The summed E-state index contributed by atoms with van der Waals surface area (Å²) in [5.74, 6) is -2.84. The lowest BCUT2D eigenvalue weighted by Crippen LogP contribution is -2.34. The summed E-state index contributed by atoms with van der Waals surface area (Å²) < 4.78 is 68.1. The first kappa shape index (κ1) is 92.9. The molecule has 21 nitrogen and oxygen atoms in total. The number of halogens is 3. The number of carbonyl (C=O) groups excluding carboxylic acids is 8. The molecule has 0 radical (unpaired) electrons. The maximum absolute atomic E-state index is 15.9. The highest BCUT2D eigenvalue weighted by molar-refractivity contribution is 6.16. The Morgan fingerprint density at radius 1 is 0.297 bits per heavy atom. The maximum Gasteiger partial charge on any atom is 0.326 e. The van der Waals surface area contributed by atoms with Crippen LogP contribution in [0.4, 0.5) is 32.3 Å². The zero-order valence-corrected chi connectivity index (χ0v) is 77.7. The van der Waals surface area contributed by atoms with E-state index in [0.717, 1.165) is 125 Å². The number of aryl methyl sites for hydroxylation is 4.